The Morgan fingerprint density at radius 3 is 2.82 bits per heavy atom. The average Bonchev–Trinajstić information content (AvgIpc) is 2.29. The molecule has 0 spiro atoms. The summed E-state index contributed by atoms with van der Waals surface area (Å²) < 4.78 is 5.01. The number of nitrogens with two attached hydrogens (primary N) is 1. The zero-order chi connectivity index (χ0) is 13.1. The highest BCUT2D eigenvalue weighted by Gasteiger charge is 2.37. The summed E-state index contributed by atoms with van der Waals surface area (Å²) in [4.78, 5) is 15.3. The van der Waals surface area contributed by atoms with E-state index in [-0.39, 0.29) is 5.92 Å². The highest BCUT2D eigenvalue weighted by atomic mass is 16.5. The molecule has 3 N–H and O–H groups in total. The fourth-order valence-electron chi connectivity index (χ4n) is 1.88. The topological polar surface area (TPSA) is 85.4 Å². The van der Waals surface area contributed by atoms with E-state index >= 15 is 0 Å². The quantitative estimate of drug-likeness (QED) is 0.795. The molecule has 0 aliphatic heterocycles. The number of aromatic nitrogens is 1. The number of primary amides is 1. The van der Waals surface area contributed by atoms with Crippen LogP contribution >= 0.6 is 0 Å². The smallest absolute Gasteiger partial charge is 0.249 e. The lowest BCUT2D eigenvalue weighted by atomic mass is 9.81. The standard InChI is InChI=1S/C12H18N2O3/c1-4-9(12(2,16)11(13)15)8-5-6-14-10(7-8)17-3/h5-7,9,16H,4H2,1-3H3,(H2,13,15). The molecule has 0 aliphatic carbocycles. The molecule has 1 aromatic rings. The average molecular weight is 238 g/mol. The number of carbonyl (C=O) groups is 1. The highest BCUT2D eigenvalue weighted by Crippen LogP contribution is 2.32. The number of carbonyl (C=O) groups excluding carboxylic acids is 1. The van der Waals surface area contributed by atoms with Gasteiger partial charge in [-0.3, -0.25) is 4.79 Å². The first-order chi connectivity index (χ1) is 7.93. The van der Waals surface area contributed by atoms with Crippen LogP contribution < -0.4 is 10.5 Å². The van der Waals surface area contributed by atoms with Gasteiger partial charge in [-0.05, 0) is 25.0 Å². The van der Waals surface area contributed by atoms with E-state index in [0.717, 1.165) is 5.56 Å². The van der Waals surface area contributed by atoms with Gasteiger partial charge in [0.25, 0.3) is 0 Å². The van der Waals surface area contributed by atoms with Crippen molar-refractivity contribution in [3.05, 3.63) is 23.9 Å². The number of nitrogens with zero attached hydrogens (tertiary/aromatic N) is 1. The molecule has 2 unspecified atom stereocenters. The summed E-state index contributed by atoms with van der Waals surface area (Å²) in [5.74, 6) is -0.668. The van der Waals surface area contributed by atoms with Gasteiger partial charge < -0.3 is 15.6 Å². The van der Waals surface area contributed by atoms with Gasteiger partial charge in [0.15, 0.2) is 0 Å². The fourth-order valence-corrected chi connectivity index (χ4v) is 1.88. The van der Waals surface area contributed by atoms with E-state index < -0.39 is 11.5 Å². The second kappa shape index (κ2) is 5.14. The van der Waals surface area contributed by atoms with Crippen molar-refractivity contribution in [3.8, 4) is 5.88 Å². The summed E-state index contributed by atoms with van der Waals surface area (Å²) in [6.07, 6.45) is 2.16. The number of amides is 1. The van der Waals surface area contributed by atoms with Gasteiger partial charge in [-0.2, -0.15) is 0 Å². The van der Waals surface area contributed by atoms with E-state index in [9.17, 15) is 9.90 Å². The van der Waals surface area contributed by atoms with Crippen LogP contribution in [0.2, 0.25) is 0 Å². The molecule has 94 valence electrons. The van der Waals surface area contributed by atoms with Crippen LogP contribution in [0, 0.1) is 0 Å². The molecule has 0 saturated carbocycles. The molecular weight excluding hydrogens is 220 g/mol. The summed E-state index contributed by atoms with van der Waals surface area (Å²) in [6, 6.07) is 3.44. The van der Waals surface area contributed by atoms with Gasteiger partial charge in [-0.1, -0.05) is 6.92 Å². The normalized spacial score (nSPS) is 16.0. The molecule has 0 radical (unpaired) electrons. The van der Waals surface area contributed by atoms with Crippen molar-refractivity contribution in [2.75, 3.05) is 7.11 Å². The first kappa shape index (κ1) is 13.4. The predicted octanol–water partition coefficient (Wildman–Crippen LogP) is 0.820. The van der Waals surface area contributed by atoms with Gasteiger partial charge in [0, 0.05) is 18.2 Å². The summed E-state index contributed by atoms with van der Waals surface area (Å²) in [5, 5.41) is 10.1. The Morgan fingerprint density at radius 1 is 1.71 bits per heavy atom. The number of hydrogen-bond donors (Lipinski definition) is 2. The van der Waals surface area contributed by atoms with Crippen LogP contribution in [-0.4, -0.2) is 28.7 Å². The minimum atomic E-state index is -1.58. The maximum absolute atomic E-state index is 11.3. The van der Waals surface area contributed by atoms with Gasteiger partial charge in [-0.25, -0.2) is 4.98 Å². The first-order valence-electron chi connectivity index (χ1n) is 5.45. The van der Waals surface area contributed by atoms with Gasteiger partial charge in [0.1, 0.15) is 5.60 Å². The minimum absolute atomic E-state index is 0.378. The SMILES string of the molecule is CCC(c1ccnc(OC)c1)C(C)(O)C(N)=O. The van der Waals surface area contributed by atoms with E-state index in [1.807, 2.05) is 6.92 Å². The van der Waals surface area contributed by atoms with Crippen molar-refractivity contribution in [2.45, 2.75) is 31.8 Å². The van der Waals surface area contributed by atoms with Crippen LogP contribution in [-0.2, 0) is 4.79 Å². The lowest BCUT2D eigenvalue weighted by Crippen LogP contribution is -2.46. The lowest BCUT2D eigenvalue weighted by Gasteiger charge is -2.29. The monoisotopic (exact) mass is 238 g/mol. The zero-order valence-corrected chi connectivity index (χ0v) is 10.3. The van der Waals surface area contributed by atoms with Crippen molar-refractivity contribution in [2.24, 2.45) is 5.73 Å². The molecule has 1 aromatic heterocycles. The molecule has 17 heavy (non-hydrogen) atoms. The molecule has 0 fully saturated rings. The minimum Gasteiger partial charge on any atom is -0.481 e. The number of methoxy groups -OCH3 is 1. The second-order valence-electron chi connectivity index (χ2n) is 4.10. The Bertz CT molecular complexity index is 404. The molecule has 0 aromatic carbocycles. The van der Waals surface area contributed by atoms with E-state index in [2.05, 4.69) is 4.98 Å². The summed E-state index contributed by atoms with van der Waals surface area (Å²) in [5.41, 5.74) is 4.42. The number of pyridine rings is 1. The third-order valence-corrected chi connectivity index (χ3v) is 2.96. The van der Waals surface area contributed by atoms with E-state index in [0.29, 0.717) is 12.3 Å². The van der Waals surface area contributed by atoms with Crippen LogP contribution in [0.3, 0.4) is 0 Å². The van der Waals surface area contributed by atoms with Crippen LogP contribution in [0.5, 0.6) is 5.88 Å². The molecular formula is C12H18N2O3. The van der Waals surface area contributed by atoms with Crippen LogP contribution in [0.25, 0.3) is 0 Å². The van der Waals surface area contributed by atoms with E-state index in [1.54, 1.807) is 18.3 Å². The van der Waals surface area contributed by atoms with Crippen molar-refractivity contribution in [1.29, 1.82) is 0 Å². The van der Waals surface area contributed by atoms with E-state index in [4.69, 9.17) is 10.5 Å². The third kappa shape index (κ3) is 2.74. The van der Waals surface area contributed by atoms with Gasteiger partial charge in [0.05, 0.1) is 7.11 Å². The van der Waals surface area contributed by atoms with Crippen LogP contribution in [0.4, 0.5) is 0 Å². The number of ether oxygens (including phenoxy) is 1. The first-order valence-corrected chi connectivity index (χ1v) is 5.45. The summed E-state index contributed by atoms with van der Waals surface area (Å²) in [7, 11) is 1.51. The molecule has 0 bridgehead atoms. The molecule has 5 nitrogen and oxygen atoms in total. The highest BCUT2D eigenvalue weighted by molar-refractivity contribution is 5.84. The van der Waals surface area contributed by atoms with Gasteiger partial charge in [-0.15, -0.1) is 0 Å². The Kier molecular flexibility index (Phi) is 4.07. The predicted molar refractivity (Wildman–Crippen MR) is 63.6 cm³/mol. The maximum atomic E-state index is 11.3. The molecule has 5 heteroatoms. The Labute approximate surface area is 101 Å². The number of aliphatic hydroxyl groups is 1. The van der Waals surface area contributed by atoms with Crippen molar-refractivity contribution in [1.82, 2.24) is 4.98 Å². The Morgan fingerprint density at radius 2 is 2.35 bits per heavy atom. The number of rotatable bonds is 5. The zero-order valence-electron chi connectivity index (χ0n) is 10.3. The van der Waals surface area contributed by atoms with Gasteiger partial charge >= 0.3 is 0 Å². The van der Waals surface area contributed by atoms with Crippen molar-refractivity contribution >= 4 is 5.91 Å². The molecule has 2 atom stereocenters. The fraction of sp³-hybridized carbons (Fsp3) is 0.500. The van der Waals surface area contributed by atoms with Crippen LogP contribution in [0.1, 0.15) is 31.7 Å². The van der Waals surface area contributed by atoms with Crippen LogP contribution in [0.15, 0.2) is 18.3 Å². The van der Waals surface area contributed by atoms with Crippen molar-refractivity contribution < 1.29 is 14.6 Å². The molecule has 1 heterocycles. The Balaban J connectivity index is 3.13. The summed E-state index contributed by atoms with van der Waals surface area (Å²) >= 11 is 0. The van der Waals surface area contributed by atoms with E-state index in [1.165, 1.54) is 14.0 Å². The molecule has 0 aliphatic rings. The molecule has 0 saturated heterocycles. The van der Waals surface area contributed by atoms with Crippen molar-refractivity contribution in [3.63, 3.8) is 0 Å². The lowest BCUT2D eigenvalue weighted by molar-refractivity contribution is -0.136. The second-order valence-corrected chi connectivity index (χ2v) is 4.10. The molecule has 1 amide bonds. The maximum Gasteiger partial charge on any atom is 0.249 e. The third-order valence-electron chi connectivity index (χ3n) is 2.96. The largest absolute Gasteiger partial charge is 0.481 e. The Hall–Kier alpha value is -1.62. The summed E-state index contributed by atoms with van der Waals surface area (Å²) in [6.45, 7) is 3.31. The molecule has 1 rings (SSSR count). The number of hydrogen-bond acceptors (Lipinski definition) is 4. The van der Waals surface area contributed by atoms with Gasteiger partial charge in [0.2, 0.25) is 11.8 Å².